The van der Waals surface area contributed by atoms with Crippen molar-refractivity contribution in [3.8, 4) is 0 Å². The predicted octanol–water partition coefficient (Wildman–Crippen LogP) is 5.19. The molecule has 0 N–H and O–H groups in total. The predicted molar refractivity (Wildman–Crippen MR) is 141 cm³/mol. The number of hydrogen-bond donors (Lipinski definition) is 0. The maximum Gasteiger partial charge on any atom is 0.243 e. The zero-order valence-electron chi connectivity index (χ0n) is 21.4. The van der Waals surface area contributed by atoms with Gasteiger partial charge in [-0.05, 0) is 68.0 Å². The Morgan fingerprint density at radius 2 is 1.36 bits per heavy atom. The number of hydrogen-bond acceptors (Lipinski definition) is 5. The lowest BCUT2D eigenvalue weighted by molar-refractivity contribution is 0.184. The van der Waals surface area contributed by atoms with Crippen LogP contribution in [0.25, 0.3) is 0 Å². The molecule has 0 saturated heterocycles. The van der Waals surface area contributed by atoms with E-state index in [1.807, 2.05) is 25.1 Å². The van der Waals surface area contributed by atoms with Gasteiger partial charge in [-0.2, -0.15) is 8.61 Å². The molecule has 2 aliphatic rings. The molecule has 2 saturated carbocycles. The molecule has 0 radical (unpaired) electrons. The van der Waals surface area contributed by atoms with Crippen molar-refractivity contribution in [3.63, 3.8) is 0 Å². The third kappa shape index (κ3) is 5.85. The lowest BCUT2D eigenvalue weighted by Gasteiger charge is -2.37. The first-order valence-electron chi connectivity index (χ1n) is 13.3. The van der Waals surface area contributed by atoms with E-state index >= 15 is 0 Å². The zero-order chi connectivity index (χ0) is 25.8. The van der Waals surface area contributed by atoms with E-state index in [1.54, 1.807) is 14.8 Å². The van der Waals surface area contributed by atoms with Crippen LogP contribution in [-0.4, -0.2) is 49.1 Å². The van der Waals surface area contributed by atoms with Crippen molar-refractivity contribution in [2.75, 3.05) is 6.54 Å². The van der Waals surface area contributed by atoms with Crippen molar-refractivity contribution in [1.82, 2.24) is 13.6 Å². The quantitative estimate of drug-likeness (QED) is 0.442. The number of nitrogens with zero attached hydrogens (tertiary/aromatic N) is 3. The Kier molecular flexibility index (Phi) is 8.86. The van der Waals surface area contributed by atoms with Gasteiger partial charge in [0, 0.05) is 24.8 Å². The van der Waals surface area contributed by atoms with Crippen LogP contribution < -0.4 is 0 Å². The van der Waals surface area contributed by atoms with Gasteiger partial charge in [0.15, 0.2) is 0 Å². The molecular formula is C27H39N3O4S2. The second-order valence-corrected chi connectivity index (χ2v) is 14.0. The fraction of sp³-hybridized carbons (Fsp3) is 0.593. The summed E-state index contributed by atoms with van der Waals surface area (Å²) in [4.78, 5) is 4.64. The summed E-state index contributed by atoms with van der Waals surface area (Å²) in [6.07, 6.45) is 10.6. The number of aromatic nitrogens is 1. The van der Waals surface area contributed by atoms with Crippen molar-refractivity contribution in [2.24, 2.45) is 5.92 Å². The minimum absolute atomic E-state index is 0.0128. The van der Waals surface area contributed by atoms with Crippen molar-refractivity contribution in [1.29, 1.82) is 0 Å². The van der Waals surface area contributed by atoms with E-state index in [2.05, 4.69) is 11.9 Å². The number of benzene rings is 1. The van der Waals surface area contributed by atoms with Crippen molar-refractivity contribution < 1.29 is 16.8 Å². The van der Waals surface area contributed by atoms with Crippen LogP contribution in [0.1, 0.15) is 77.3 Å². The van der Waals surface area contributed by atoms with Gasteiger partial charge in [0.05, 0.1) is 22.0 Å². The van der Waals surface area contributed by atoms with Crippen molar-refractivity contribution in [3.05, 3.63) is 54.4 Å². The monoisotopic (exact) mass is 533 g/mol. The Labute approximate surface area is 217 Å². The molecule has 2 unspecified atom stereocenters. The summed E-state index contributed by atoms with van der Waals surface area (Å²) < 4.78 is 57.9. The Bertz CT molecular complexity index is 1200. The molecule has 7 nitrogen and oxygen atoms in total. The highest BCUT2D eigenvalue weighted by atomic mass is 32.2. The maximum atomic E-state index is 13.9. The van der Waals surface area contributed by atoms with Crippen LogP contribution in [0, 0.1) is 5.92 Å². The van der Waals surface area contributed by atoms with Crippen LogP contribution in [0.5, 0.6) is 0 Å². The highest BCUT2D eigenvalue weighted by molar-refractivity contribution is 7.89. The van der Waals surface area contributed by atoms with E-state index in [0.29, 0.717) is 12.2 Å². The van der Waals surface area contributed by atoms with Crippen LogP contribution >= 0.6 is 0 Å². The van der Waals surface area contributed by atoms with E-state index in [1.165, 1.54) is 24.3 Å². The molecule has 0 bridgehead atoms. The molecule has 4 rings (SSSR count). The largest absolute Gasteiger partial charge is 0.260 e. The molecular weight excluding hydrogens is 494 g/mol. The van der Waals surface area contributed by atoms with E-state index in [-0.39, 0.29) is 34.3 Å². The third-order valence-corrected chi connectivity index (χ3v) is 11.7. The molecule has 0 spiro atoms. The smallest absolute Gasteiger partial charge is 0.243 e. The van der Waals surface area contributed by atoms with Crippen LogP contribution in [0.15, 0.2) is 58.5 Å². The Morgan fingerprint density at radius 1 is 0.778 bits per heavy atom. The first-order valence-corrected chi connectivity index (χ1v) is 16.2. The van der Waals surface area contributed by atoms with E-state index in [9.17, 15) is 16.8 Å². The fourth-order valence-electron chi connectivity index (χ4n) is 5.80. The molecule has 9 heteroatoms. The summed E-state index contributed by atoms with van der Waals surface area (Å²) >= 11 is 0. The van der Waals surface area contributed by atoms with E-state index in [0.717, 1.165) is 57.8 Å². The molecule has 0 aliphatic heterocycles. The molecule has 1 aromatic carbocycles. The van der Waals surface area contributed by atoms with Crippen molar-refractivity contribution in [2.45, 2.75) is 100 Å². The zero-order valence-corrected chi connectivity index (χ0v) is 23.1. The molecule has 2 fully saturated rings. The lowest BCUT2D eigenvalue weighted by Crippen LogP contribution is -2.44. The minimum Gasteiger partial charge on any atom is -0.260 e. The fourth-order valence-corrected chi connectivity index (χ4v) is 9.22. The van der Waals surface area contributed by atoms with Gasteiger partial charge in [0.25, 0.3) is 0 Å². The SMILES string of the molecule is CCN(C1CCCCC1)S(=O)(=O)c1ccc(S(=O)(=O)N(Cc2ccccn2)C2CCCCC2C)cc1. The van der Waals surface area contributed by atoms with Crippen LogP contribution in [0.3, 0.4) is 0 Å². The highest BCUT2D eigenvalue weighted by Gasteiger charge is 2.37. The van der Waals surface area contributed by atoms with Gasteiger partial charge in [-0.1, -0.05) is 52.0 Å². The topological polar surface area (TPSA) is 87.7 Å². The van der Waals surface area contributed by atoms with Gasteiger partial charge in [-0.3, -0.25) is 4.98 Å². The summed E-state index contributed by atoms with van der Waals surface area (Å²) in [5.74, 6) is 0.241. The van der Waals surface area contributed by atoms with Crippen LogP contribution in [0.4, 0.5) is 0 Å². The van der Waals surface area contributed by atoms with Crippen molar-refractivity contribution >= 4 is 20.0 Å². The first kappa shape index (κ1) is 27.2. The first-order chi connectivity index (χ1) is 17.2. The van der Waals surface area contributed by atoms with E-state index < -0.39 is 20.0 Å². The average Bonchev–Trinajstić information content (AvgIpc) is 2.89. The van der Waals surface area contributed by atoms with Gasteiger partial charge >= 0.3 is 0 Å². The van der Waals surface area contributed by atoms with Gasteiger partial charge < -0.3 is 0 Å². The maximum absolute atomic E-state index is 13.9. The molecule has 2 aliphatic carbocycles. The van der Waals surface area contributed by atoms with Gasteiger partial charge in [0.2, 0.25) is 20.0 Å². The second kappa shape index (κ2) is 11.7. The summed E-state index contributed by atoms with van der Waals surface area (Å²) in [6.45, 7) is 4.59. The Balaban J connectivity index is 1.63. The lowest BCUT2D eigenvalue weighted by atomic mass is 9.86. The molecule has 1 heterocycles. The molecule has 1 aromatic heterocycles. The molecule has 198 valence electrons. The van der Waals surface area contributed by atoms with Gasteiger partial charge in [-0.25, -0.2) is 16.8 Å². The Morgan fingerprint density at radius 3 is 1.92 bits per heavy atom. The second-order valence-electron chi connectivity index (χ2n) is 10.2. The number of sulfonamides is 2. The minimum atomic E-state index is -3.86. The normalized spacial score (nSPS) is 22.2. The number of pyridine rings is 1. The average molecular weight is 534 g/mol. The third-order valence-electron chi connectivity index (χ3n) is 7.81. The standard InChI is InChI=1S/C27H39N3O4S2/c1-3-29(24-13-5-4-6-14-24)35(31,32)25-16-18-26(19-17-25)36(33,34)30(21-23-12-9-10-20-28-23)27-15-8-7-11-22(27)2/h9-10,12,16-20,22,24,27H,3-8,11,13-15,21H2,1-2H3. The molecule has 36 heavy (non-hydrogen) atoms. The number of rotatable bonds is 9. The summed E-state index contributed by atoms with van der Waals surface area (Å²) in [5.41, 5.74) is 0.698. The van der Waals surface area contributed by atoms with Crippen LogP contribution in [0.2, 0.25) is 0 Å². The van der Waals surface area contributed by atoms with E-state index in [4.69, 9.17) is 0 Å². The van der Waals surface area contributed by atoms with Gasteiger partial charge in [-0.15, -0.1) is 0 Å². The van der Waals surface area contributed by atoms with Gasteiger partial charge in [0.1, 0.15) is 0 Å². The summed E-state index contributed by atoms with van der Waals surface area (Å²) in [5, 5.41) is 0. The summed E-state index contributed by atoms with van der Waals surface area (Å²) in [6, 6.07) is 11.2. The Hall–Kier alpha value is -1.81. The molecule has 0 amide bonds. The van der Waals surface area contributed by atoms with Crippen LogP contribution in [-0.2, 0) is 26.6 Å². The molecule has 2 atom stereocenters. The highest BCUT2D eigenvalue weighted by Crippen LogP contribution is 2.34. The summed E-state index contributed by atoms with van der Waals surface area (Å²) in [7, 11) is -7.55. The molecule has 2 aromatic rings.